The fourth-order valence-corrected chi connectivity index (χ4v) is 4.32. The van der Waals surface area contributed by atoms with Gasteiger partial charge in [-0.1, -0.05) is 18.2 Å². The zero-order valence-electron chi connectivity index (χ0n) is 14.1. The number of hydrogen-bond donors (Lipinski definition) is 1. The van der Waals surface area contributed by atoms with Crippen LogP contribution in [0.5, 0.6) is 0 Å². The molecule has 0 saturated carbocycles. The normalized spacial score (nSPS) is 19.2. The van der Waals surface area contributed by atoms with Crippen molar-refractivity contribution in [1.82, 2.24) is 15.1 Å². The maximum absolute atomic E-state index is 12.2. The summed E-state index contributed by atoms with van der Waals surface area (Å²) in [5.74, 6) is -0.145. The quantitative estimate of drug-likeness (QED) is 0.925. The number of fused-ring (bicyclic) bond motifs is 1. The van der Waals surface area contributed by atoms with Gasteiger partial charge in [-0.25, -0.2) is 0 Å². The van der Waals surface area contributed by atoms with E-state index >= 15 is 0 Å². The highest BCUT2D eigenvalue weighted by Crippen LogP contribution is 2.27. The van der Waals surface area contributed by atoms with E-state index in [1.165, 1.54) is 15.0 Å². The van der Waals surface area contributed by atoms with Gasteiger partial charge >= 0.3 is 0 Å². The van der Waals surface area contributed by atoms with Gasteiger partial charge in [-0.2, -0.15) is 0 Å². The number of carbonyl (C=O) groups excluding carboxylic acids is 2. The van der Waals surface area contributed by atoms with Crippen LogP contribution in [-0.2, 0) is 16.1 Å². The molecule has 1 fully saturated rings. The molecule has 6 heteroatoms. The Bertz CT molecular complexity index is 710. The first-order valence-electron chi connectivity index (χ1n) is 8.23. The monoisotopic (exact) mass is 345 g/mol. The van der Waals surface area contributed by atoms with Crippen molar-refractivity contribution >= 4 is 33.2 Å². The molecular formula is C18H23N3O2S. The van der Waals surface area contributed by atoms with Crippen molar-refractivity contribution in [2.75, 3.05) is 33.2 Å². The van der Waals surface area contributed by atoms with Crippen molar-refractivity contribution in [3.05, 3.63) is 35.2 Å². The molecule has 24 heavy (non-hydrogen) atoms. The van der Waals surface area contributed by atoms with Crippen molar-refractivity contribution in [1.29, 1.82) is 0 Å². The summed E-state index contributed by atoms with van der Waals surface area (Å²) in [5, 5.41) is 3.99. The highest BCUT2D eigenvalue weighted by atomic mass is 32.1. The molecule has 2 amide bonds. The van der Waals surface area contributed by atoms with Gasteiger partial charge in [0.15, 0.2) is 0 Å². The number of hydrogen-bond acceptors (Lipinski definition) is 4. The smallest absolute Gasteiger partial charge is 0.225 e. The van der Waals surface area contributed by atoms with Crippen LogP contribution in [0.4, 0.5) is 0 Å². The van der Waals surface area contributed by atoms with E-state index in [2.05, 4.69) is 40.5 Å². The summed E-state index contributed by atoms with van der Waals surface area (Å²) in [4.78, 5) is 29.3. The molecule has 5 nitrogen and oxygen atoms in total. The predicted octanol–water partition coefficient (Wildman–Crippen LogP) is 1.93. The first-order chi connectivity index (χ1) is 11.6. The summed E-state index contributed by atoms with van der Waals surface area (Å²) >= 11 is 1.80. The maximum Gasteiger partial charge on any atom is 0.225 e. The molecular weight excluding hydrogens is 322 g/mol. The topological polar surface area (TPSA) is 52.7 Å². The molecule has 0 aliphatic carbocycles. The molecule has 1 aliphatic heterocycles. The summed E-state index contributed by atoms with van der Waals surface area (Å²) in [5.41, 5.74) is 0. The molecule has 0 radical (unpaired) electrons. The third kappa shape index (κ3) is 3.76. The van der Waals surface area contributed by atoms with Gasteiger partial charge in [0.2, 0.25) is 11.8 Å². The Labute approximate surface area is 146 Å². The number of amides is 2. The van der Waals surface area contributed by atoms with Gasteiger partial charge in [-0.05, 0) is 17.5 Å². The van der Waals surface area contributed by atoms with Gasteiger partial charge < -0.3 is 10.2 Å². The molecule has 3 rings (SSSR count). The van der Waals surface area contributed by atoms with E-state index < -0.39 is 0 Å². The van der Waals surface area contributed by atoms with Crippen LogP contribution in [0.2, 0.25) is 0 Å². The molecule has 1 N–H and O–H groups in total. The van der Waals surface area contributed by atoms with Crippen molar-refractivity contribution in [2.24, 2.45) is 5.92 Å². The van der Waals surface area contributed by atoms with Crippen LogP contribution in [-0.4, -0.2) is 54.8 Å². The lowest BCUT2D eigenvalue weighted by Crippen LogP contribution is -2.40. The molecule has 1 saturated heterocycles. The van der Waals surface area contributed by atoms with E-state index in [4.69, 9.17) is 0 Å². The summed E-state index contributed by atoms with van der Waals surface area (Å²) in [6, 6.07) is 10.6. The molecule has 2 aromatic rings. The molecule has 1 atom stereocenters. The Morgan fingerprint density at radius 3 is 2.75 bits per heavy atom. The van der Waals surface area contributed by atoms with Gasteiger partial charge in [-0.15, -0.1) is 11.3 Å². The molecule has 128 valence electrons. The second-order valence-corrected chi connectivity index (χ2v) is 7.43. The molecule has 1 aromatic carbocycles. The third-order valence-electron chi connectivity index (χ3n) is 4.52. The molecule has 0 unspecified atom stereocenters. The molecule has 1 aliphatic rings. The number of thiophene rings is 1. The van der Waals surface area contributed by atoms with Gasteiger partial charge in [0.05, 0.1) is 5.92 Å². The summed E-state index contributed by atoms with van der Waals surface area (Å²) in [6.45, 7) is 5.03. The van der Waals surface area contributed by atoms with E-state index in [-0.39, 0.29) is 17.7 Å². The average molecular weight is 345 g/mol. The maximum atomic E-state index is 12.2. The minimum Gasteiger partial charge on any atom is -0.359 e. The lowest BCUT2D eigenvalue weighted by molar-refractivity contribution is -0.130. The summed E-state index contributed by atoms with van der Waals surface area (Å²) < 4.78 is 1.29. The van der Waals surface area contributed by atoms with Crippen LogP contribution in [0.1, 0.15) is 11.8 Å². The van der Waals surface area contributed by atoms with Crippen LogP contribution in [0.3, 0.4) is 0 Å². The van der Waals surface area contributed by atoms with Gasteiger partial charge in [0, 0.05) is 56.3 Å². The van der Waals surface area contributed by atoms with Crippen LogP contribution in [0, 0.1) is 5.92 Å². The highest BCUT2D eigenvalue weighted by molar-refractivity contribution is 7.19. The van der Waals surface area contributed by atoms with Gasteiger partial charge in [0.25, 0.3) is 0 Å². The molecule has 2 heterocycles. The Hall–Kier alpha value is -1.92. The van der Waals surface area contributed by atoms with Crippen LogP contribution in [0.25, 0.3) is 10.1 Å². The zero-order valence-corrected chi connectivity index (χ0v) is 14.9. The number of rotatable bonds is 3. The number of nitrogens with one attached hydrogen (secondary N) is 1. The number of nitrogens with zero attached hydrogens (tertiary/aromatic N) is 2. The standard InChI is InChI=1S/C18H23N3O2S/c1-13(22)21-8-7-20(10-15(11-21)18(23)19-2)12-16-9-14-5-3-4-6-17(14)24-16/h3-6,9,15H,7-8,10-12H2,1-2H3,(H,19,23)/t15-/m0/s1. The van der Waals surface area contributed by atoms with E-state index in [1.54, 1.807) is 30.2 Å². The van der Waals surface area contributed by atoms with E-state index in [0.717, 1.165) is 13.1 Å². The van der Waals surface area contributed by atoms with Crippen LogP contribution < -0.4 is 5.32 Å². The van der Waals surface area contributed by atoms with Crippen LogP contribution in [0.15, 0.2) is 30.3 Å². The molecule has 0 bridgehead atoms. The fourth-order valence-electron chi connectivity index (χ4n) is 3.21. The molecule has 1 aromatic heterocycles. The Morgan fingerprint density at radius 1 is 1.25 bits per heavy atom. The van der Waals surface area contributed by atoms with Crippen molar-refractivity contribution in [2.45, 2.75) is 13.5 Å². The van der Waals surface area contributed by atoms with Crippen molar-refractivity contribution in [3.8, 4) is 0 Å². The van der Waals surface area contributed by atoms with E-state index in [9.17, 15) is 9.59 Å². The second kappa shape index (κ2) is 7.32. The summed E-state index contributed by atoms with van der Waals surface area (Å²) in [6.07, 6.45) is 0. The van der Waals surface area contributed by atoms with Gasteiger partial charge in [0.1, 0.15) is 0 Å². The van der Waals surface area contributed by atoms with Crippen LogP contribution >= 0.6 is 11.3 Å². The second-order valence-electron chi connectivity index (χ2n) is 6.26. The number of carbonyl (C=O) groups is 2. The SMILES string of the molecule is CNC(=O)[C@H]1CN(Cc2cc3ccccc3s2)CCN(C(C)=O)C1. The van der Waals surface area contributed by atoms with Crippen molar-refractivity contribution in [3.63, 3.8) is 0 Å². The average Bonchev–Trinajstić information content (AvgIpc) is 2.85. The third-order valence-corrected chi connectivity index (χ3v) is 5.62. The highest BCUT2D eigenvalue weighted by Gasteiger charge is 2.28. The largest absolute Gasteiger partial charge is 0.359 e. The van der Waals surface area contributed by atoms with E-state index in [0.29, 0.717) is 19.6 Å². The Kier molecular flexibility index (Phi) is 5.16. The lowest BCUT2D eigenvalue weighted by atomic mass is 10.1. The Balaban J connectivity index is 1.76. The van der Waals surface area contributed by atoms with Gasteiger partial charge in [-0.3, -0.25) is 14.5 Å². The van der Waals surface area contributed by atoms with Crippen molar-refractivity contribution < 1.29 is 9.59 Å². The summed E-state index contributed by atoms with van der Waals surface area (Å²) in [7, 11) is 1.65. The fraction of sp³-hybridized carbons (Fsp3) is 0.444. The van der Waals surface area contributed by atoms with E-state index in [1.807, 2.05) is 0 Å². The number of benzene rings is 1. The predicted molar refractivity (Wildman–Crippen MR) is 96.9 cm³/mol. The Morgan fingerprint density at radius 2 is 2.04 bits per heavy atom. The minimum atomic E-state index is -0.184. The minimum absolute atomic E-state index is 0.00416. The first kappa shape index (κ1) is 16.9. The first-order valence-corrected chi connectivity index (χ1v) is 9.05. The lowest BCUT2D eigenvalue weighted by Gasteiger charge is -2.22. The molecule has 0 spiro atoms. The zero-order chi connectivity index (χ0) is 17.1.